The minimum Gasteiger partial charge on any atom is -0.397 e. The fourth-order valence-electron chi connectivity index (χ4n) is 3.27. The van der Waals surface area contributed by atoms with Crippen LogP contribution in [0.4, 0.5) is 11.5 Å². The van der Waals surface area contributed by atoms with E-state index in [9.17, 15) is 0 Å². The summed E-state index contributed by atoms with van der Waals surface area (Å²) in [4.78, 5) is 6.83. The van der Waals surface area contributed by atoms with Gasteiger partial charge in [0.15, 0.2) is 0 Å². The molecule has 3 heterocycles. The van der Waals surface area contributed by atoms with E-state index in [1.807, 2.05) is 0 Å². The molecule has 0 bridgehead atoms. The van der Waals surface area contributed by atoms with Gasteiger partial charge < -0.3 is 11.1 Å². The Bertz CT molecular complexity index is 507. The van der Waals surface area contributed by atoms with Crippen LogP contribution >= 0.6 is 0 Å². The van der Waals surface area contributed by atoms with Gasteiger partial charge in [0, 0.05) is 18.6 Å². The van der Waals surface area contributed by atoms with E-state index >= 15 is 0 Å². The van der Waals surface area contributed by atoms with Gasteiger partial charge in [0.1, 0.15) is 11.9 Å². The summed E-state index contributed by atoms with van der Waals surface area (Å²) in [5, 5.41) is 12.6. The zero-order chi connectivity index (χ0) is 13.2. The molecule has 1 aromatic heterocycles. The Morgan fingerprint density at radius 2 is 2.26 bits per heavy atom. The third-order valence-corrected chi connectivity index (χ3v) is 4.21. The summed E-state index contributed by atoms with van der Waals surface area (Å²) in [5.74, 6) is 0.675. The molecule has 2 aliphatic rings. The number of nitrogen functional groups attached to an aromatic ring is 1. The van der Waals surface area contributed by atoms with Gasteiger partial charge in [0.2, 0.25) is 0 Å². The number of nitrogens with two attached hydrogens (primary N) is 1. The van der Waals surface area contributed by atoms with E-state index in [1.54, 1.807) is 12.3 Å². The van der Waals surface area contributed by atoms with Crippen LogP contribution in [0.3, 0.4) is 0 Å². The second-order valence-corrected chi connectivity index (χ2v) is 5.42. The molecule has 0 aliphatic carbocycles. The number of hydrogen-bond acceptors (Lipinski definition) is 5. The number of rotatable bonds is 2. The predicted octanol–water partition coefficient (Wildman–Crippen LogP) is 1.57. The third kappa shape index (κ3) is 2.36. The largest absolute Gasteiger partial charge is 0.397 e. The minimum atomic E-state index is 0.406. The summed E-state index contributed by atoms with van der Waals surface area (Å²) in [6, 6.07) is 4.85. The average Bonchev–Trinajstić information content (AvgIpc) is 2.84. The van der Waals surface area contributed by atoms with E-state index in [0.717, 1.165) is 13.0 Å². The second kappa shape index (κ2) is 5.06. The first-order chi connectivity index (χ1) is 9.28. The average molecular weight is 257 g/mol. The number of fused-ring (bicyclic) bond motifs is 1. The number of aromatic nitrogens is 1. The van der Waals surface area contributed by atoms with Crippen molar-refractivity contribution in [3.8, 4) is 6.07 Å². The SMILES string of the molecule is N#Cc1cc(N)cnc1NC1CCN2CCCCC12. The summed E-state index contributed by atoms with van der Waals surface area (Å²) in [6.45, 7) is 2.36. The molecule has 0 spiro atoms. The third-order valence-electron chi connectivity index (χ3n) is 4.21. The summed E-state index contributed by atoms with van der Waals surface area (Å²) < 4.78 is 0. The highest BCUT2D eigenvalue weighted by molar-refractivity contribution is 5.57. The lowest BCUT2D eigenvalue weighted by Crippen LogP contribution is -2.41. The van der Waals surface area contributed by atoms with Gasteiger partial charge in [-0.2, -0.15) is 5.26 Å². The lowest BCUT2D eigenvalue weighted by Gasteiger charge is -2.32. The Balaban J connectivity index is 1.77. The van der Waals surface area contributed by atoms with Crippen LogP contribution < -0.4 is 11.1 Å². The van der Waals surface area contributed by atoms with Crippen molar-refractivity contribution in [1.29, 1.82) is 5.26 Å². The molecule has 2 fully saturated rings. The van der Waals surface area contributed by atoms with E-state index in [4.69, 9.17) is 11.0 Å². The van der Waals surface area contributed by atoms with Crippen LogP contribution in [0.2, 0.25) is 0 Å². The monoisotopic (exact) mass is 257 g/mol. The zero-order valence-electron chi connectivity index (χ0n) is 11.0. The van der Waals surface area contributed by atoms with E-state index < -0.39 is 0 Å². The molecular formula is C14H19N5. The van der Waals surface area contributed by atoms with Crippen LogP contribution in [0, 0.1) is 11.3 Å². The van der Waals surface area contributed by atoms with Crippen molar-refractivity contribution in [2.24, 2.45) is 0 Å². The van der Waals surface area contributed by atoms with Crippen LogP contribution in [-0.4, -0.2) is 35.1 Å². The second-order valence-electron chi connectivity index (χ2n) is 5.42. The van der Waals surface area contributed by atoms with Crippen molar-refractivity contribution in [3.05, 3.63) is 17.8 Å². The Hall–Kier alpha value is -1.80. The first-order valence-corrected chi connectivity index (χ1v) is 6.94. The fraction of sp³-hybridized carbons (Fsp3) is 0.571. The van der Waals surface area contributed by atoms with Gasteiger partial charge in [-0.25, -0.2) is 4.98 Å². The van der Waals surface area contributed by atoms with Gasteiger partial charge in [-0.15, -0.1) is 0 Å². The van der Waals surface area contributed by atoms with Crippen LogP contribution in [0.25, 0.3) is 0 Å². The van der Waals surface area contributed by atoms with Crippen molar-refractivity contribution in [3.63, 3.8) is 0 Å². The Morgan fingerprint density at radius 3 is 3.11 bits per heavy atom. The molecule has 0 radical (unpaired) electrons. The number of piperidine rings is 1. The molecule has 2 unspecified atom stereocenters. The van der Waals surface area contributed by atoms with E-state index in [-0.39, 0.29) is 0 Å². The summed E-state index contributed by atoms with van der Waals surface area (Å²) in [7, 11) is 0. The number of nitriles is 1. The molecule has 2 saturated heterocycles. The highest BCUT2D eigenvalue weighted by Gasteiger charge is 2.35. The Labute approximate surface area is 113 Å². The van der Waals surface area contributed by atoms with Crippen LogP contribution in [0.15, 0.2) is 12.3 Å². The number of pyridine rings is 1. The topological polar surface area (TPSA) is 78.0 Å². The quantitative estimate of drug-likeness (QED) is 0.841. The highest BCUT2D eigenvalue weighted by Crippen LogP contribution is 2.29. The van der Waals surface area contributed by atoms with Crippen LogP contribution in [-0.2, 0) is 0 Å². The molecule has 5 heteroatoms. The van der Waals surface area contributed by atoms with Gasteiger partial charge in [-0.1, -0.05) is 6.42 Å². The molecule has 5 nitrogen and oxygen atoms in total. The summed E-state index contributed by atoms with van der Waals surface area (Å²) in [5.41, 5.74) is 6.74. The predicted molar refractivity (Wildman–Crippen MR) is 74.6 cm³/mol. The molecule has 2 aliphatic heterocycles. The Morgan fingerprint density at radius 1 is 1.37 bits per heavy atom. The van der Waals surface area contributed by atoms with Gasteiger partial charge >= 0.3 is 0 Å². The van der Waals surface area contributed by atoms with E-state index in [2.05, 4.69) is 21.3 Å². The maximum Gasteiger partial charge on any atom is 0.144 e. The molecule has 0 saturated carbocycles. The molecule has 1 aromatic rings. The van der Waals surface area contributed by atoms with Crippen molar-refractivity contribution >= 4 is 11.5 Å². The van der Waals surface area contributed by atoms with Crippen LogP contribution in [0.5, 0.6) is 0 Å². The number of nitrogens with one attached hydrogen (secondary N) is 1. The van der Waals surface area contributed by atoms with Gasteiger partial charge in [-0.05, 0) is 31.9 Å². The normalized spacial score (nSPS) is 26.7. The lowest BCUT2D eigenvalue weighted by molar-refractivity contribution is 0.192. The maximum atomic E-state index is 9.15. The van der Waals surface area contributed by atoms with E-state index in [1.165, 1.54) is 25.8 Å². The maximum absolute atomic E-state index is 9.15. The minimum absolute atomic E-state index is 0.406. The number of anilines is 2. The lowest BCUT2D eigenvalue weighted by atomic mass is 9.99. The summed E-state index contributed by atoms with van der Waals surface area (Å²) in [6.07, 6.45) is 6.60. The first kappa shape index (κ1) is 12.2. The standard InChI is InChI=1S/C14H19N5/c15-8-10-7-11(16)9-17-14(10)18-12-4-6-19-5-2-1-3-13(12)19/h7,9,12-13H,1-6,16H2,(H,17,18). The van der Waals surface area contributed by atoms with Crippen LogP contribution in [0.1, 0.15) is 31.2 Å². The summed E-state index contributed by atoms with van der Waals surface area (Å²) >= 11 is 0. The molecule has 100 valence electrons. The smallest absolute Gasteiger partial charge is 0.144 e. The number of nitrogens with zero attached hydrogens (tertiary/aromatic N) is 3. The number of hydrogen-bond donors (Lipinski definition) is 2. The van der Waals surface area contributed by atoms with Gasteiger partial charge in [0.05, 0.1) is 17.4 Å². The molecule has 0 amide bonds. The molecule has 19 heavy (non-hydrogen) atoms. The van der Waals surface area contributed by atoms with Crippen molar-refractivity contribution in [2.45, 2.75) is 37.8 Å². The van der Waals surface area contributed by atoms with Gasteiger partial charge in [-0.3, -0.25) is 4.90 Å². The molecular weight excluding hydrogens is 238 g/mol. The van der Waals surface area contributed by atoms with Crippen molar-refractivity contribution in [1.82, 2.24) is 9.88 Å². The first-order valence-electron chi connectivity index (χ1n) is 6.94. The van der Waals surface area contributed by atoms with Crippen molar-refractivity contribution in [2.75, 3.05) is 24.1 Å². The van der Waals surface area contributed by atoms with Crippen molar-refractivity contribution < 1.29 is 0 Å². The molecule has 2 atom stereocenters. The van der Waals surface area contributed by atoms with Gasteiger partial charge in [0.25, 0.3) is 0 Å². The fourth-order valence-corrected chi connectivity index (χ4v) is 3.27. The molecule has 3 N–H and O–H groups in total. The van der Waals surface area contributed by atoms with E-state index in [0.29, 0.717) is 29.2 Å². The molecule has 3 rings (SSSR count). The zero-order valence-corrected chi connectivity index (χ0v) is 11.0. The highest BCUT2D eigenvalue weighted by atomic mass is 15.2. The molecule has 0 aromatic carbocycles. The Kier molecular flexibility index (Phi) is 3.26.